The van der Waals surface area contributed by atoms with Crippen LogP contribution in [0.1, 0.15) is 52.4 Å². The molecule has 0 aliphatic rings. The Hall–Kier alpha value is -0.130. The summed E-state index contributed by atoms with van der Waals surface area (Å²) in [4.78, 5) is 0. The Morgan fingerprint density at radius 3 is 2.29 bits per heavy atom. The predicted octanol–water partition coefficient (Wildman–Crippen LogP) is 2.13. The fourth-order valence-electron chi connectivity index (χ4n) is 1.37. The van der Waals surface area contributed by atoms with Crippen LogP contribution >= 0.6 is 0 Å². The first-order valence-electron chi connectivity index (χ1n) is 5.20. The summed E-state index contributed by atoms with van der Waals surface area (Å²) in [5.74, 6) is 0. The number of hydrogen-bond acceptors (Lipinski definition) is 2. The van der Waals surface area contributed by atoms with Gasteiger partial charge in [-0.2, -0.15) is 13.1 Å². The van der Waals surface area contributed by atoms with E-state index >= 15 is 0 Å². The lowest BCUT2D eigenvalue weighted by Crippen LogP contribution is -2.31. The van der Waals surface area contributed by atoms with Gasteiger partial charge in [0.1, 0.15) is 0 Å². The highest BCUT2D eigenvalue weighted by Gasteiger charge is 2.09. The van der Waals surface area contributed by atoms with Gasteiger partial charge in [-0.25, -0.2) is 0 Å². The minimum absolute atomic E-state index is 0.174. The molecule has 1 atom stereocenters. The van der Waals surface area contributed by atoms with Crippen molar-refractivity contribution in [1.29, 1.82) is 0 Å². The quantitative estimate of drug-likeness (QED) is 0.489. The zero-order valence-electron chi connectivity index (χ0n) is 8.99. The number of unbranched alkanes of at least 4 members (excludes halogenated alkanes) is 4. The van der Waals surface area contributed by atoms with Crippen molar-refractivity contribution in [2.75, 3.05) is 0 Å². The van der Waals surface area contributed by atoms with Crippen molar-refractivity contribution in [2.45, 2.75) is 58.4 Å². The van der Waals surface area contributed by atoms with E-state index in [0.29, 0.717) is 0 Å². The average Bonchev–Trinajstić information content (AvgIpc) is 2.00. The first-order chi connectivity index (χ1) is 6.45. The lowest BCUT2D eigenvalue weighted by atomic mass is 10.1. The van der Waals surface area contributed by atoms with E-state index in [1.807, 2.05) is 0 Å². The Morgan fingerprint density at radius 2 is 1.79 bits per heavy atom. The smallest absolute Gasteiger partial charge is 0.273 e. The highest BCUT2D eigenvalue weighted by molar-refractivity contribution is 7.83. The van der Waals surface area contributed by atoms with E-state index in [1.165, 1.54) is 19.3 Å². The van der Waals surface area contributed by atoms with Gasteiger partial charge in [-0.05, 0) is 13.3 Å². The fourth-order valence-corrected chi connectivity index (χ4v) is 1.99. The largest absolute Gasteiger partial charge is 0.333 e. The van der Waals surface area contributed by atoms with Crippen LogP contribution in [-0.2, 0) is 10.3 Å². The van der Waals surface area contributed by atoms with Crippen LogP contribution in [0.4, 0.5) is 0 Å². The molecule has 0 aliphatic carbocycles. The molecule has 0 rings (SSSR count). The summed E-state index contributed by atoms with van der Waals surface area (Å²) >= 11 is 0. The predicted molar refractivity (Wildman–Crippen MR) is 57.5 cm³/mol. The molecule has 14 heavy (non-hydrogen) atoms. The molecule has 4 nitrogen and oxygen atoms in total. The second-order valence-electron chi connectivity index (χ2n) is 3.70. The van der Waals surface area contributed by atoms with Gasteiger partial charge in [0.05, 0.1) is 0 Å². The van der Waals surface area contributed by atoms with Crippen LogP contribution in [0.5, 0.6) is 0 Å². The first-order valence-corrected chi connectivity index (χ1v) is 6.64. The summed E-state index contributed by atoms with van der Waals surface area (Å²) in [5.41, 5.74) is 0. The van der Waals surface area contributed by atoms with Gasteiger partial charge in [-0.3, -0.25) is 4.55 Å². The van der Waals surface area contributed by atoms with Crippen molar-refractivity contribution in [1.82, 2.24) is 4.72 Å². The van der Waals surface area contributed by atoms with Gasteiger partial charge in [0, 0.05) is 6.04 Å². The van der Waals surface area contributed by atoms with Gasteiger partial charge in [-0.15, -0.1) is 0 Å². The molecule has 0 saturated heterocycles. The number of nitrogens with one attached hydrogen (secondary N) is 1. The summed E-state index contributed by atoms with van der Waals surface area (Å²) in [7, 11) is -4.02. The SMILES string of the molecule is CCCCCCCC(C)NS(=O)(=O)O. The topological polar surface area (TPSA) is 66.4 Å². The summed E-state index contributed by atoms with van der Waals surface area (Å²) in [5, 5.41) is 0. The molecular formula is C9H21NO3S. The molecule has 0 radical (unpaired) electrons. The Balaban J connectivity index is 3.41. The van der Waals surface area contributed by atoms with Crippen LogP contribution in [0.3, 0.4) is 0 Å². The third kappa shape index (κ3) is 9.95. The van der Waals surface area contributed by atoms with E-state index in [9.17, 15) is 8.42 Å². The van der Waals surface area contributed by atoms with E-state index in [2.05, 4.69) is 11.6 Å². The van der Waals surface area contributed by atoms with Gasteiger partial charge < -0.3 is 0 Å². The maximum atomic E-state index is 10.4. The fraction of sp³-hybridized carbons (Fsp3) is 1.00. The monoisotopic (exact) mass is 223 g/mol. The van der Waals surface area contributed by atoms with Crippen LogP contribution in [0.15, 0.2) is 0 Å². The van der Waals surface area contributed by atoms with Crippen LogP contribution in [0.25, 0.3) is 0 Å². The van der Waals surface area contributed by atoms with Gasteiger partial charge in [0.2, 0.25) is 0 Å². The Bertz CT molecular complexity index is 226. The summed E-state index contributed by atoms with van der Waals surface area (Å²) in [6.45, 7) is 3.91. The molecule has 1 unspecified atom stereocenters. The van der Waals surface area contributed by atoms with Gasteiger partial charge >= 0.3 is 10.3 Å². The normalized spacial score (nSPS) is 14.2. The molecule has 5 heteroatoms. The van der Waals surface area contributed by atoms with E-state index < -0.39 is 10.3 Å². The van der Waals surface area contributed by atoms with Crippen molar-refractivity contribution in [3.8, 4) is 0 Å². The van der Waals surface area contributed by atoms with Gasteiger partial charge in [0.15, 0.2) is 0 Å². The van der Waals surface area contributed by atoms with Crippen LogP contribution in [0, 0.1) is 0 Å². The molecule has 0 spiro atoms. The Labute approximate surface area is 87.0 Å². The van der Waals surface area contributed by atoms with Crippen molar-refractivity contribution in [2.24, 2.45) is 0 Å². The van der Waals surface area contributed by atoms with E-state index in [4.69, 9.17) is 4.55 Å². The highest BCUT2D eigenvalue weighted by atomic mass is 32.2. The maximum Gasteiger partial charge on any atom is 0.333 e. The minimum Gasteiger partial charge on any atom is -0.273 e. The number of hydrogen-bond donors (Lipinski definition) is 2. The molecule has 86 valence electrons. The minimum atomic E-state index is -4.02. The number of rotatable bonds is 8. The molecule has 0 fully saturated rings. The summed E-state index contributed by atoms with van der Waals surface area (Å²) < 4.78 is 31.5. The summed E-state index contributed by atoms with van der Waals surface area (Å²) in [6.07, 6.45) is 6.56. The van der Waals surface area contributed by atoms with Crippen molar-refractivity contribution >= 4 is 10.3 Å². The van der Waals surface area contributed by atoms with Crippen LogP contribution in [0.2, 0.25) is 0 Å². The molecular weight excluding hydrogens is 202 g/mol. The first kappa shape index (κ1) is 13.9. The summed E-state index contributed by atoms with van der Waals surface area (Å²) in [6, 6.07) is -0.174. The standard InChI is InChI=1S/C9H21NO3S/c1-3-4-5-6-7-8-9(2)10-14(11,12)13/h9-10H,3-8H2,1-2H3,(H,11,12,13). The highest BCUT2D eigenvalue weighted by Crippen LogP contribution is 2.07. The van der Waals surface area contributed by atoms with Crippen molar-refractivity contribution in [3.63, 3.8) is 0 Å². The molecule has 0 heterocycles. The molecule has 0 aromatic heterocycles. The lowest BCUT2D eigenvalue weighted by molar-refractivity contribution is 0.445. The molecule has 0 saturated carbocycles. The van der Waals surface area contributed by atoms with E-state index in [-0.39, 0.29) is 6.04 Å². The molecule has 2 N–H and O–H groups in total. The zero-order valence-corrected chi connectivity index (χ0v) is 9.81. The van der Waals surface area contributed by atoms with Gasteiger partial charge in [-0.1, -0.05) is 39.0 Å². The molecule has 0 aromatic rings. The second-order valence-corrected chi connectivity index (χ2v) is 4.88. The van der Waals surface area contributed by atoms with E-state index in [1.54, 1.807) is 6.92 Å². The average molecular weight is 223 g/mol. The Kier molecular flexibility index (Phi) is 7.13. The van der Waals surface area contributed by atoms with Crippen LogP contribution in [-0.4, -0.2) is 19.0 Å². The lowest BCUT2D eigenvalue weighted by Gasteiger charge is -2.10. The molecule has 0 amide bonds. The third-order valence-electron chi connectivity index (χ3n) is 2.09. The van der Waals surface area contributed by atoms with Crippen molar-refractivity contribution in [3.05, 3.63) is 0 Å². The molecule has 0 bridgehead atoms. The maximum absolute atomic E-state index is 10.4. The van der Waals surface area contributed by atoms with E-state index in [0.717, 1.165) is 19.3 Å². The second kappa shape index (κ2) is 7.20. The van der Waals surface area contributed by atoms with Crippen molar-refractivity contribution < 1.29 is 13.0 Å². The van der Waals surface area contributed by atoms with Crippen LogP contribution < -0.4 is 4.72 Å². The van der Waals surface area contributed by atoms with Gasteiger partial charge in [0.25, 0.3) is 0 Å². The molecule has 0 aromatic carbocycles. The zero-order chi connectivity index (χ0) is 11.0. The third-order valence-corrected chi connectivity index (χ3v) is 2.79. The Morgan fingerprint density at radius 1 is 1.21 bits per heavy atom. The molecule has 0 aliphatic heterocycles.